The summed E-state index contributed by atoms with van der Waals surface area (Å²) in [5.74, 6) is 0.401. The smallest absolute Gasteiger partial charge is 0.244 e. The number of tetrazole rings is 1. The molecule has 6 nitrogen and oxygen atoms in total. The average Bonchev–Trinajstić information content (AvgIpc) is 3.24. The molecule has 0 fully saturated rings. The topological polar surface area (TPSA) is 72.7 Å². The summed E-state index contributed by atoms with van der Waals surface area (Å²) in [4.78, 5) is 14.5. The molecule has 3 aromatic rings. The molecule has 0 aliphatic rings. The van der Waals surface area contributed by atoms with Crippen LogP contribution in [0.2, 0.25) is 0 Å². The van der Waals surface area contributed by atoms with Crippen LogP contribution in [0.3, 0.4) is 0 Å². The van der Waals surface area contributed by atoms with Gasteiger partial charge in [-0.15, -0.1) is 21.5 Å². The molecule has 0 saturated heterocycles. The molecule has 2 heterocycles. The summed E-state index contributed by atoms with van der Waals surface area (Å²) in [5, 5.41) is 17.1. The summed E-state index contributed by atoms with van der Waals surface area (Å²) >= 11 is 4.96. The van der Waals surface area contributed by atoms with E-state index in [9.17, 15) is 4.79 Å². The second-order valence-corrected chi connectivity index (χ2v) is 7.06. The van der Waals surface area contributed by atoms with E-state index in [-0.39, 0.29) is 18.5 Å². The van der Waals surface area contributed by atoms with E-state index in [1.807, 2.05) is 48.7 Å². The Kier molecular flexibility index (Phi) is 5.37. The van der Waals surface area contributed by atoms with E-state index in [0.29, 0.717) is 5.82 Å². The first-order valence-corrected chi connectivity index (χ1v) is 9.19. The van der Waals surface area contributed by atoms with Gasteiger partial charge in [-0.1, -0.05) is 41.1 Å². The lowest BCUT2D eigenvalue weighted by Crippen LogP contribution is -2.32. The average molecular weight is 406 g/mol. The zero-order valence-corrected chi connectivity index (χ0v) is 15.4. The molecule has 0 unspecified atom stereocenters. The number of carbonyl (C=O) groups excluding carboxylic acids is 1. The number of nitrogens with one attached hydrogen (secondary N) is 1. The second-order valence-electron chi connectivity index (χ2n) is 5.20. The Balaban J connectivity index is 1.63. The number of benzene rings is 1. The fourth-order valence-electron chi connectivity index (χ4n) is 2.30. The molecule has 124 valence electrons. The molecule has 0 aliphatic heterocycles. The molecule has 0 saturated carbocycles. The predicted octanol–water partition coefficient (Wildman–Crippen LogP) is 3.43. The largest absolute Gasteiger partial charge is 0.348 e. The minimum absolute atomic E-state index is 0.0362. The lowest BCUT2D eigenvalue weighted by Gasteiger charge is -2.17. The van der Waals surface area contributed by atoms with Crippen molar-refractivity contribution in [3.8, 4) is 10.7 Å². The van der Waals surface area contributed by atoms with Gasteiger partial charge in [0.05, 0.1) is 10.9 Å². The first kappa shape index (κ1) is 16.8. The molecule has 0 bridgehead atoms. The van der Waals surface area contributed by atoms with Gasteiger partial charge in [-0.3, -0.25) is 4.79 Å². The van der Waals surface area contributed by atoms with Crippen LogP contribution in [-0.2, 0) is 11.3 Å². The Bertz CT molecular complexity index is 800. The molecule has 3 rings (SSSR count). The van der Waals surface area contributed by atoms with Gasteiger partial charge in [0.25, 0.3) is 0 Å². The van der Waals surface area contributed by atoms with Gasteiger partial charge in [0, 0.05) is 4.47 Å². The molecule has 1 aromatic carbocycles. The minimum Gasteiger partial charge on any atom is -0.348 e. The quantitative estimate of drug-likeness (QED) is 0.681. The number of halogens is 1. The molecule has 8 heteroatoms. The maximum Gasteiger partial charge on any atom is 0.244 e. The number of hydrogen-bond donors (Lipinski definition) is 1. The Hall–Kier alpha value is -2.06. The Morgan fingerprint density at radius 3 is 2.79 bits per heavy atom. The fourth-order valence-corrected chi connectivity index (χ4v) is 3.21. The molecular formula is C16H16BrN5OS. The molecule has 0 aliphatic carbocycles. The summed E-state index contributed by atoms with van der Waals surface area (Å²) in [6, 6.07) is 11.8. The number of carbonyl (C=O) groups is 1. The van der Waals surface area contributed by atoms with Crippen molar-refractivity contribution >= 4 is 33.2 Å². The van der Waals surface area contributed by atoms with Crippen molar-refractivity contribution in [1.82, 2.24) is 25.5 Å². The van der Waals surface area contributed by atoms with Gasteiger partial charge in [-0.25, -0.2) is 0 Å². The third kappa shape index (κ3) is 4.07. The fraction of sp³-hybridized carbons (Fsp3) is 0.250. The van der Waals surface area contributed by atoms with Gasteiger partial charge in [-0.2, -0.15) is 4.80 Å². The molecule has 1 amide bonds. The first-order chi connectivity index (χ1) is 11.7. The minimum atomic E-state index is -0.139. The standard InChI is InChI=1S/C16H16BrN5OS/c1-2-13(11-5-7-12(17)8-6-11)18-15(23)10-22-20-16(19-21-22)14-4-3-9-24-14/h3-9,13H,2,10H2,1H3,(H,18,23)/t13-/m0/s1. The molecule has 1 N–H and O–H groups in total. The van der Waals surface area contributed by atoms with Crippen molar-refractivity contribution in [1.29, 1.82) is 0 Å². The maximum absolute atomic E-state index is 12.3. The zero-order chi connectivity index (χ0) is 16.9. The second kappa shape index (κ2) is 7.67. The van der Waals surface area contributed by atoms with Crippen LogP contribution < -0.4 is 5.32 Å². The number of nitrogens with zero attached hydrogens (tertiary/aromatic N) is 4. The number of aromatic nitrogens is 4. The van der Waals surface area contributed by atoms with Crippen molar-refractivity contribution in [2.75, 3.05) is 0 Å². The molecule has 1 atom stereocenters. The van der Waals surface area contributed by atoms with E-state index in [2.05, 4.69) is 36.7 Å². The van der Waals surface area contributed by atoms with Gasteiger partial charge in [-0.05, 0) is 40.8 Å². The highest BCUT2D eigenvalue weighted by Gasteiger charge is 2.15. The number of thiophene rings is 1. The summed E-state index contributed by atoms with van der Waals surface area (Å²) < 4.78 is 1.01. The van der Waals surface area contributed by atoms with E-state index in [1.54, 1.807) is 0 Å². The first-order valence-electron chi connectivity index (χ1n) is 7.52. The van der Waals surface area contributed by atoms with Crippen LogP contribution in [0, 0.1) is 0 Å². The third-order valence-electron chi connectivity index (χ3n) is 3.50. The summed E-state index contributed by atoms with van der Waals surface area (Å²) in [6.45, 7) is 2.08. The molecule has 24 heavy (non-hydrogen) atoms. The lowest BCUT2D eigenvalue weighted by molar-refractivity contribution is -0.122. The van der Waals surface area contributed by atoms with Gasteiger partial charge in [0.1, 0.15) is 6.54 Å². The van der Waals surface area contributed by atoms with Crippen LogP contribution in [0.15, 0.2) is 46.3 Å². The highest BCUT2D eigenvalue weighted by atomic mass is 79.9. The van der Waals surface area contributed by atoms with E-state index in [0.717, 1.165) is 21.3 Å². The number of hydrogen-bond acceptors (Lipinski definition) is 5. The third-order valence-corrected chi connectivity index (χ3v) is 4.89. The lowest BCUT2D eigenvalue weighted by atomic mass is 10.0. The van der Waals surface area contributed by atoms with E-state index in [1.165, 1.54) is 16.1 Å². The monoisotopic (exact) mass is 405 g/mol. The predicted molar refractivity (Wildman–Crippen MR) is 96.4 cm³/mol. The highest BCUT2D eigenvalue weighted by molar-refractivity contribution is 9.10. The number of rotatable bonds is 6. The molecule has 2 aromatic heterocycles. The van der Waals surface area contributed by atoms with Crippen LogP contribution in [0.4, 0.5) is 0 Å². The summed E-state index contributed by atoms with van der Waals surface area (Å²) in [6.07, 6.45) is 0.804. The SMILES string of the molecule is CC[C@H](NC(=O)Cn1nnc(-c2cccs2)n1)c1ccc(Br)cc1. The van der Waals surface area contributed by atoms with Crippen LogP contribution in [0.25, 0.3) is 10.7 Å². The van der Waals surface area contributed by atoms with Crippen molar-refractivity contribution in [2.45, 2.75) is 25.9 Å². The van der Waals surface area contributed by atoms with Gasteiger partial charge in [0.2, 0.25) is 11.7 Å². The zero-order valence-electron chi connectivity index (χ0n) is 13.0. The molecular weight excluding hydrogens is 390 g/mol. The van der Waals surface area contributed by atoms with Crippen molar-refractivity contribution < 1.29 is 4.79 Å². The maximum atomic E-state index is 12.3. The van der Waals surface area contributed by atoms with Gasteiger partial charge >= 0.3 is 0 Å². The van der Waals surface area contributed by atoms with Gasteiger partial charge < -0.3 is 5.32 Å². The Labute approximate surface area is 152 Å². The van der Waals surface area contributed by atoms with Crippen LogP contribution in [-0.4, -0.2) is 26.1 Å². The molecule has 0 radical (unpaired) electrons. The Morgan fingerprint density at radius 1 is 1.33 bits per heavy atom. The van der Waals surface area contributed by atoms with E-state index in [4.69, 9.17) is 0 Å². The van der Waals surface area contributed by atoms with Crippen LogP contribution in [0.5, 0.6) is 0 Å². The van der Waals surface area contributed by atoms with Crippen molar-refractivity contribution in [3.63, 3.8) is 0 Å². The van der Waals surface area contributed by atoms with Crippen molar-refractivity contribution in [3.05, 3.63) is 51.8 Å². The highest BCUT2D eigenvalue weighted by Crippen LogP contribution is 2.20. The molecule has 0 spiro atoms. The number of amides is 1. The van der Waals surface area contributed by atoms with E-state index < -0.39 is 0 Å². The van der Waals surface area contributed by atoms with Gasteiger partial charge in [0.15, 0.2) is 0 Å². The Morgan fingerprint density at radius 2 is 2.12 bits per heavy atom. The van der Waals surface area contributed by atoms with Crippen LogP contribution in [0.1, 0.15) is 24.9 Å². The summed E-state index contributed by atoms with van der Waals surface area (Å²) in [5.41, 5.74) is 1.07. The van der Waals surface area contributed by atoms with Crippen molar-refractivity contribution in [2.24, 2.45) is 0 Å². The normalized spacial score (nSPS) is 12.1. The van der Waals surface area contributed by atoms with E-state index >= 15 is 0 Å². The van der Waals surface area contributed by atoms with Crippen LogP contribution >= 0.6 is 27.3 Å². The summed E-state index contributed by atoms with van der Waals surface area (Å²) in [7, 11) is 0.